The van der Waals surface area contributed by atoms with E-state index in [0.29, 0.717) is 34.8 Å². The molecule has 1 N–H and O–H groups in total. The number of hydrogen-bond donors (Lipinski definition) is 1. The molecule has 3 aromatic rings. The fourth-order valence-corrected chi connectivity index (χ4v) is 4.77. The highest BCUT2D eigenvalue weighted by Gasteiger charge is 2.45. The smallest absolute Gasteiger partial charge is 0.343 e. The van der Waals surface area contributed by atoms with Crippen LogP contribution in [0.4, 0.5) is 0 Å². The van der Waals surface area contributed by atoms with E-state index in [1.54, 1.807) is 24.7 Å². The van der Waals surface area contributed by atoms with Crippen LogP contribution < -0.4 is 10.3 Å². The van der Waals surface area contributed by atoms with Crippen LogP contribution in [0, 0.1) is 0 Å². The second kappa shape index (κ2) is 6.14. The molecule has 29 heavy (non-hydrogen) atoms. The molecule has 0 aliphatic carbocycles. The first-order valence-corrected chi connectivity index (χ1v) is 10.0. The van der Waals surface area contributed by atoms with Gasteiger partial charge < -0.3 is 19.1 Å². The van der Waals surface area contributed by atoms with Crippen molar-refractivity contribution < 1.29 is 19.4 Å². The number of esters is 1. The van der Waals surface area contributed by atoms with Gasteiger partial charge in [0.2, 0.25) is 0 Å². The van der Waals surface area contributed by atoms with E-state index in [1.165, 1.54) is 0 Å². The molecule has 0 saturated heterocycles. The van der Waals surface area contributed by atoms with Crippen LogP contribution >= 0.6 is 15.9 Å². The molecule has 0 amide bonds. The summed E-state index contributed by atoms with van der Waals surface area (Å²) in [5.41, 5.74) is 1.45. The standard InChI is InChI=1S/C21H17BrN2O5/c1-3-21(27)13-7-15-18-10(8-24(15)19(25)12(13)9-29-20(21)26)6-11-14(23-18)4-5-16(28-2)17(11)22/h4-7,27H,3,8-9H2,1-2H3/t21-/m0/s1. The van der Waals surface area contributed by atoms with Gasteiger partial charge in [-0.3, -0.25) is 4.79 Å². The first-order valence-electron chi connectivity index (χ1n) is 9.22. The van der Waals surface area contributed by atoms with Gasteiger partial charge in [0.15, 0.2) is 5.60 Å². The molecule has 0 bridgehead atoms. The fraction of sp³-hybridized carbons (Fsp3) is 0.286. The second-order valence-electron chi connectivity index (χ2n) is 7.25. The minimum atomic E-state index is -1.82. The van der Waals surface area contributed by atoms with Crippen LogP contribution in [0.15, 0.2) is 33.5 Å². The van der Waals surface area contributed by atoms with Gasteiger partial charge in [0, 0.05) is 16.5 Å². The molecule has 0 spiro atoms. The number of fused-ring (bicyclic) bond motifs is 5. The van der Waals surface area contributed by atoms with Crippen molar-refractivity contribution >= 4 is 32.8 Å². The molecule has 2 aromatic heterocycles. The minimum Gasteiger partial charge on any atom is -0.496 e. The molecule has 2 aliphatic rings. The van der Waals surface area contributed by atoms with E-state index in [9.17, 15) is 14.7 Å². The van der Waals surface area contributed by atoms with E-state index >= 15 is 0 Å². The third kappa shape index (κ3) is 2.36. The van der Waals surface area contributed by atoms with Gasteiger partial charge in [0.05, 0.1) is 40.6 Å². The molecule has 2 aliphatic heterocycles. The van der Waals surface area contributed by atoms with Gasteiger partial charge in [-0.25, -0.2) is 9.78 Å². The minimum absolute atomic E-state index is 0.118. The summed E-state index contributed by atoms with van der Waals surface area (Å²) >= 11 is 3.56. The Hall–Kier alpha value is -2.71. The van der Waals surface area contributed by atoms with Crippen LogP contribution in [0.3, 0.4) is 0 Å². The number of hydrogen-bond acceptors (Lipinski definition) is 6. The van der Waals surface area contributed by atoms with E-state index in [0.717, 1.165) is 20.9 Å². The second-order valence-corrected chi connectivity index (χ2v) is 8.04. The number of aromatic nitrogens is 2. The molecular weight excluding hydrogens is 440 g/mol. The topological polar surface area (TPSA) is 90.7 Å². The molecular formula is C21H17BrN2O5. The third-order valence-corrected chi connectivity index (χ3v) is 6.63. The fourth-order valence-electron chi connectivity index (χ4n) is 4.16. The molecule has 0 radical (unpaired) electrons. The Morgan fingerprint density at radius 2 is 2.14 bits per heavy atom. The Morgan fingerprint density at radius 1 is 1.34 bits per heavy atom. The molecule has 7 nitrogen and oxygen atoms in total. The van der Waals surface area contributed by atoms with Crippen LogP contribution in [-0.4, -0.2) is 27.7 Å². The molecule has 0 unspecified atom stereocenters. The van der Waals surface area contributed by atoms with Crippen molar-refractivity contribution in [2.75, 3.05) is 7.11 Å². The monoisotopic (exact) mass is 456 g/mol. The number of aliphatic hydroxyl groups is 1. The number of pyridine rings is 2. The number of carbonyl (C=O) groups excluding carboxylic acids is 1. The Bertz CT molecular complexity index is 1280. The molecule has 1 atom stereocenters. The van der Waals surface area contributed by atoms with Crippen LogP contribution in [0.2, 0.25) is 0 Å². The number of benzene rings is 1. The molecule has 0 fully saturated rings. The summed E-state index contributed by atoms with van der Waals surface area (Å²) in [5, 5.41) is 11.8. The van der Waals surface area contributed by atoms with Crippen molar-refractivity contribution in [3.63, 3.8) is 0 Å². The van der Waals surface area contributed by atoms with Gasteiger partial charge in [-0.15, -0.1) is 0 Å². The van der Waals surface area contributed by atoms with Gasteiger partial charge in [-0.1, -0.05) is 6.92 Å². The van der Waals surface area contributed by atoms with E-state index in [2.05, 4.69) is 15.9 Å². The summed E-state index contributed by atoms with van der Waals surface area (Å²) in [4.78, 5) is 30.1. The van der Waals surface area contributed by atoms with Crippen molar-refractivity contribution in [1.82, 2.24) is 9.55 Å². The highest BCUT2D eigenvalue weighted by atomic mass is 79.9. The highest BCUT2D eigenvalue weighted by molar-refractivity contribution is 9.10. The Labute approximate surface area is 174 Å². The summed E-state index contributed by atoms with van der Waals surface area (Å²) in [6.07, 6.45) is 0.118. The number of cyclic esters (lactones) is 1. The molecule has 0 saturated carbocycles. The van der Waals surface area contributed by atoms with Gasteiger partial charge in [0.1, 0.15) is 12.4 Å². The van der Waals surface area contributed by atoms with Gasteiger partial charge >= 0.3 is 5.97 Å². The summed E-state index contributed by atoms with van der Waals surface area (Å²) < 4.78 is 12.9. The number of nitrogens with zero attached hydrogens (tertiary/aromatic N) is 2. The number of methoxy groups -OCH3 is 1. The quantitative estimate of drug-likeness (QED) is 0.466. The zero-order valence-corrected chi connectivity index (χ0v) is 17.4. The van der Waals surface area contributed by atoms with Crippen molar-refractivity contribution in [2.45, 2.75) is 32.1 Å². The first kappa shape index (κ1) is 18.3. The normalized spacial score (nSPS) is 19.5. The predicted molar refractivity (Wildman–Crippen MR) is 109 cm³/mol. The Morgan fingerprint density at radius 3 is 2.86 bits per heavy atom. The zero-order valence-electron chi connectivity index (χ0n) is 15.8. The van der Waals surface area contributed by atoms with Crippen LogP contribution in [-0.2, 0) is 28.3 Å². The van der Waals surface area contributed by atoms with Crippen molar-refractivity contribution in [3.05, 3.63) is 55.8 Å². The lowest BCUT2D eigenvalue weighted by Gasteiger charge is -2.31. The third-order valence-electron chi connectivity index (χ3n) is 5.81. The average molecular weight is 457 g/mol. The summed E-state index contributed by atoms with van der Waals surface area (Å²) in [7, 11) is 1.60. The molecule has 4 heterocycles. The molecule has 1 aromatic carbocycles. The van der Waals surface area contributed by atoms with Crippen molar-refractivity contribution in [3.8, 4) is 17.1 Å². The van der Waals surface area contributed by atoms with Gasteiger partial charge in [-0.05, 0) is 46.6 Å². The maximum absolute atomic E-state index is 13.1. The maximum atomic E-state index is 13.1. The van der Waals surface area contributed by atoms with Gasteiger partial charge in [-0.2, -0.15) is 0 Å². The van der Waals surface area contributed by atoms with Crippen molar-refractivity contribution in [1.29, 1.82) is 0 Å². The lowest BCUT2D eigenvalue weighted by Crippen LogP contribution is -2.44. The van der Waals surface area contributed by atoms with E-state index in [1.807, 2.05) is 18.2 Å². The first-order chi connectivity index (χ1) is 13.9. The SMILES string of the molecule is CC[C@@]1(O)C(=O)OCc2c1cc1n(c2=O)Cc2cc3c(Br)c(OC)ccc3nc2-1. The summed E-state index contributed by atoms with van der Waals surface area (Å²) in [5.74, 6) is -0.0244. The number of ether oxygens (including phenoxy) is 2. The van der Waals surface area contributed by atoms with Crippen LogP contribution in [0.5, 0.6) is 5.75 Å². The van der Waals surface area contributed by atoms with E-state index < -0.39 is 11.6 Å². The molecule has 5 rings (SSSR count). The average Bonchev–Trinajstić information content (AvgIpc) is 3.08. The maximum Gasteiger partial charge on any atom is 0.343 e. The molecule has 8 heteroatoms. The summed E-state index contributed by atoms with van der Waals surface area (Å²) in [6, 6.07) is 7.39. The molecule has 148 valence electrons. The predicted octanol–water partition coefficient (Wildman–Crippen LogP) is 2.85. The number of rotatable bonds is 2. The Balaban J connectivity index is 1.78. The Kier molecular flexibility index (Phi) is 3.88. The van der Waals surface area contributed by atoms with Crippen molar-refractivity contribution in [2.24, 2.45) is 0 Å². The lowest BCUT2D eigenvalue weighted by atomic mass is 9.86. The zero-order chi connectivity index (χ0) is 20.5. The van der Waals surface area contributed by atoms with E-state index in [4.69, 9.17) is 14.5 Å². The van der Waals surface area contributed by atoms with Gasteiger partial charge in [0.25, 0.3) is 5.56 Å². The van der Waals surface area contributed by atoms with Crippen LogP contribution in [0.1, 0.15) is 30.0 Å². The highest BCUT2D eigenvalue weighted by Crippen LogP contribution is 2.40. The summed E-state index contributed by atoms with van der Waals surface area (Å²) in [6.45, 7) is 1.91. The largest absolute Gasteiger partial charge is 0.496 e. The number of carbonyl (C=O) groups is 1. The lowest BCUT2D eigenvalue weighted by molar-refractivity contribution is -0.172. The van der Waals surface area contributed by atoms with E-state index in [-0.39, 0.29) is 18.6 Å². The number of halogens is 1. The van der Waals surface area contributed by atoms with Crippen LogP contribution in [0.25, 0.3) is 22.3 Å².